The van der Waals surface area contributed by atoms with Crippen LogP contribution in [0.1, 0.15) is 27.2 Å². The second-order valence-corrected chi connectivity index (χ2v) is 5.61. The van der Waals surface area contributed by atoms with Crippen molar-refractivity contribution in [2.45, 2.75) is 32.8 Å². The summed E-state index contributed by atoms with van der Waals surface area (Å²) < 4.78 is 4.70. The van der Waals surface area contributed by atoms with Gasteiger partial charge in [-0.25, -0.2) is 4.63 Å². The van der Waals surface area contributed by atoms with Crippen molar-refractivity contribution >= 4 is 22.4 Å². The Morgan fingerprint density at radius 1 is 1.37 bits per heavy atom. The summed E-state index contributed by atoms with van der Waals surface area (Å²) in [5.41, 5.74) is 7.40. The summed E-state index contributed by atoms with van der Waals surface area (Å²) in [6.07, 6.45) is 0.717. The van der Waals surface area contributed by atoms with Crippen molar-refractivity contribution < 1.29 is 9.74 Å². The Kier molecular flexibility index (Phi) is 3.61. The van der Waals surface area contributed by atoms with Crippen LogP contribution < -0.4 is 11.1 Å². The molecule has 0 aliphatic carbocycles. The smallest absolute Gasteiger partial charge is 0.160 e. The van der Waals surface area contributed by atoms with E-state index < -0.39 is 5.60 Å². The number of nitrogen functional groups attached to an aromatic ring is 1. The molecule has 6 nitrogen and oxygen atoms in total. The molecule has 0 aliphatic heterocycles. The van der Waals surface area contributed by atoms with Crippen molar-refractivity contribution in [3.05, 3.63) is 12.1 Å². The maximum Gasteiger partial charge on any atom is 0.160 e. The molecule has 2 aromatic rings. The molecule has 0 radical (unpaired) electrons. The number of aliphatic hydroxyl groups is 1. The average Bonchev–Trinajstić information content (AvgIpc) is 2.76. The number of hydrogen-bond acceptors (Lipinski definition) is 6. The first kappa shape index (κ1) is 13.6. The van der Waals surface area contributed by atoms with Gasteiger partial charge >= 0.3 is 0 Å². The summed E-state index contributed by atoms with van der Waals surface area (Å²) in [5.74, 6) is 0.428. The molecule has 1 atom stereocenters. The van der Waals surface area contributed by atoms with Gasteiger partial charge in [-0.05, 0) is 41.7 Å². The molecule has 1 heterocycles. The molecule has 0 aliphatic rings. The largest absolute Gasteiger partial charge is 0.397 e. The Morgan fingerprint density at radius 2 is 2.05 bits per heavy atom. The molecule has 1 aromatic carbocycles. The van der Waals surface area contributed by atoms with Gasteiger partial charge in [0.05, 0.1) is 17.0 Å². The van der Waals surface area contributed by atoms with Crippen LogP contribution in [-0.2, 0) is 0 Å². The number of anilines is 2. The number of rotatable bonds is 5. The van der Waals surface area contributed by atoms with E-state index in [0.29, 0.717) is 29.2 Å². The molecule has 104 valence electrons. The summed E-state index contributed by atoms with van der Waals surface area (Å²) in [7, 11) is 0. The van der Waals surface area contributed by atoms with Crippen LogP contribution in [0, 0.1) is 5.92 Å². The first-order valence-corrected chi connectivity index (χ1v) is 6.36. The van der Waals surface area contributed by atoms with Gasteiger partial charge in [0.2, 0.25) is 0 Å². The average molecular weight is 264 g/mol. The molecule has 0 amide bonds. The van der Waals surface area contributed by atoms with Gasteiger partial charge in [-0.15, -0.1) is 0 Å². The lowest BCUT2D eigenvalue weighted by Gasteiger charge is -2.26. The zero-order valence-corrected chi connectivity index (χ0v) is 11.5. The molecule has 4 N–H and O–H groups in total. The molecule has 1 aromatic heterocycles. The van der Waals surface area contributed by atoms with E-state index >= 15 is 0 Å². The van der Waals surface area contributed by atoms with Gasteiger partial charge in [0, 0.05) is 6.54 Å². The Hall–Kier alpha value is -1.82. The molecule has 0 saturated carbocycles. The fourth-order valence-electron chi connectivity index (χ4n) is 2.27. The highest BCUT2D eigenvalue weighted by molar-refractivity contribution is 5.94. The summed E-state index contributed by atoms with van der Waals surface area (Å²) in [6, 6.07) is 3.55. The number of fused-ring (bicyclic) bond motifs is 1. The number of nitrogens with one attached hydrogen (secondary N) is 1. The fourth-order valence-corrected chi connectivity index (χ4v) is 2.27. The summed E-state index contributed by atoms with van der Waals surface area (Å²) >= 11 is 0. The second-order valence-electron chi connectivity index (χ2n) is 5.61. The molecule has 0 bridgehead atoms. The van der Waals surface area contributed by atoms with Gasteiger partial charge in [0.25, 0.3) is 0 Å². The van der Waals surface area contributed by atoms with E-state index in [1.807, 2.05) is 13.0 Å². The number of hydrogen-bond donors (Lipinski definition) is 3. The van der Waals surface area contributed by atoms with Crippen LogP contribution in [0.3, 0.4) is 0 Å². The lowest BCUT2D eigenvalue weighted by molar-refractivity contribution is 0.0516. The van der Waals surface area contributed by atoms with Crippen molar-refractivity contribution in [1.29, 1.82) is 0 Å². The Bertz CT molecular complexity index is 563. The zero-order valence-electron chi connectivity index (χ0n) is 11.5. The number of benzene rings is 1. The van der Waals surface area contributed by atoms with Crippen molar-refractivity contribution in [2.75, 3.05) is 17.6 Å². The first-order chi connectivity index (χ1) is 8.89. The monoisotopic (exact) mass is 264 g/mol. The molecule has 6 heteroatoms. The van der Waals surface area contributed by atoms with Gasteiger partial charge in [-0.3, -0.25) is 0 Å². The maximum absolute atomic E-state index is 10.3. The third-order valence-corrected chi connectivity index (χ3v) is 2.95. The third kappa shape index (κ3) is 3.14. The highest BCUT2D eigenvalue weighted by Gasteiger charge is 2.22. The minimum atomic E-state index is -0.779. The topological polar surface area (TPSA) is 97.2 Å². The van der Waals surface area contributed by atoms with Gasteiger partial charge in [0.1, 0.15) is 0 Å². The van der Waals surface area contributed by atoms with Gasteiger partial charge < -0.3 is 16.2 Å². The fraction of sp³-hybridized carbons (Fsp3) is 0.538. The molecule has 1 unspecified atom stereocenters. The van der Waals surface area contributed by atoms with Crippen molar-refractivity contribution in [1.82, 2.24) is 10.3 Å². The van der Waals surface area contributed by atoms with E-state index in [9.17, 15) is 5.11 Å². The molecule has 0 spiro atoms. The molecule has 0 fully saturated rings. The Labute approximate surface area is 111 Å². The predicted octanol–water partition coefficient (Wildman–Crippen LogP) is 2.01. The highest BCUT2D eigenvalue weighted by atomic mass is 16.6. The standard InChI is InChI=1S/C13H20N4O2/c1-8(2)6-13(3,18)7-15-10-5-4-9(14)11-12(10)17-19-16-11/h4-5,8,15,18H,6-7,14H2,1-3H3. The van der Waals surface area contributed by atoms with Gasteiger partial charge in [-0.2, -0.15) is 0 Å². The number of nitrogens with zero attached hydrogens (tertiary/aromatic N) is 2. The normalized spacial score (nSPS) is 14.8. The minimum Gasteiger partial charge on any atom is -0.397 e. The zero-order chi connectivity index (χ0) is 14.0. The quantitative estimate of drug-likeness (QED) is 0.715. The highest BCUT2D eigenvalue weighted by Crippen LogP contribution is 2.26. The predicted molar refractivity (Wildman–Crippen MR) is 74.8 cm³/mol. The van der Waals surface area contributed by atoms with Crippen LogP contribution in [0.15, 0.2) is 16.8 Å². The Balaban J connectivity index is 2.14. The Morgan fingerprint density at radius 3 is 2.74 bits per heavy atom. The van der Waals surface area contributed by atoms with Gasteiger partial charge in [-0.1, -0.05) is 13.8 Å². The van der Waals surface area contributed by atoms with Crippen molar-refractivity contribution in [3.63, 3.8) is 0 Å². The van der Waals surface area contributed by atoms with Crippen LogP contribution in [0.4, 0.5) is 11.4 Å². The molecule has 0 saturated heterocycles. The summed E-state index contributed by atoms with van der Waals surface area (Å²) in [6.45, 7) is 6.40. The number of nitrogens with two attached hydrogens (primary N) is 1. The van der Waals surface area contributed by atoms with E-state index in [2.05, 4.69) is 29.5 Å². The summed E-state index contributed by atoms with van der Waals surface area (Å²) in [5, 5.41) is 21.0. The van der Waals surface area contributed by atoms with Crippen LogP contribution in [-0.4, -0.2) is 27.6 Å². The van der Waals surface area contributed by atoms with Crippen LogP contribution >= 0.6 is 0 Å². The van der Waals surface area contributed by atoms with Crippen LogP contribution in [0.5, 0.6) is 0 Å². The van der Waals surface area contributed by atoms with Gasteiger partial charge in [0.15, 0.2) is 11.0 Å². The van der Waals surface area contributed by atoms with E-state index in [1.165, 1.54) is 0 Å². The van der Waals surface area contributed by atoms with E-state index in [0.717, 1.165) is 12.1 Å². The molecular formula is C13H20N4O2. The SMILES string of the molecule is CC(C)CC(C)(O)CNc1ccc(N)c2nonc12. The van der Waals surface area contributed by atoms with Crippen LogP contribution in [0.25, 0.3) is 11.0 Å². The lowest BCUT2D eigenvalue weighted by atomic mass is 9.94. The van der Waals surface area contributed by atoms with E-state index in [-0.39, 0.29) is 0 Å². The molecule has 2 rings (SSSR count). The first-order valence-electron chi connectivity index (χ1n) is 6.36. The van der Waals surface area contributed by atoms with Crippen molar-refractivity contribution in [3.8, 4) is 0 Å². The summed E-state index contributed by atoms with van der Waals surface area (Å²) in [4.78, 5) is 0. The second kappa shape index (κ2) is 5.05. The molecule has 19 heavy (non-hydrogen) atoms. The third-order valence-electron chi connectivity index (χ3n) is 2.95. The van der Waals surface area contributed by atoms with Crippen LogP contribution in [0.2, 0.25) is 0 Å². The van der Waals surface area contributed by atoms with E-state index in [4.69, 9.17) is 10.4 Å². The van der Waals surface area contributed by atoms with Crippen molar-refractivity contribution in [2.24, 2.45) is 5.92 Å². The molecular weight excluding hydrogens is 244 g/mol. The number of aromatic nitrogens is 2. The van der Waals surface area contributed by atoms with E-state index in [1.54, 1.807) is 6.07 Å². The minimum absolute atomic E-state index is 0.428. The maximum atomic E-state index is 10.3. The lowest BCUT2D eigenvalue weighted by Crippen LogP contribution is -2.34.